The molecule has 0 aliphatic rings. The molecule has 0 aliphatic heterocycles. The van der Waals surface area contributed by atoms with Crippen molar-refractivity contribution in [2.24, 2.45) is 0 Å². The van der Waals surface area contributed by atoms with Gasteiger partial charge in [-0.1, -0.05) is 0 Å². The van der Waals surface area contributed by atoms with Crippen LogP contribution in [0, 0.1) is 0 Å². The Morgan fingerprint density at radius 2 is 0.917 bits per heavy atom. The predicted octanol–water partition coefficient (Wildman–Crippen LogP) is -0.537. The second kappa shape index (κ2) is 8.48. The van der Waals surface area contributed by atoms with Gasteiger partial charge in [-0.15, -0.1) is 0 Å². The van der Waals surface area contributed by atoms with Crippen molar-refractivity contribution in [1.29, 1.82) is 0 Å². The fourth-order valence-corrected chi connectivity index (χ4v) is 6.88. The molecule has 0 spiro atoms. The Kier molecular flexibility index (Phi) is 9.10. The number of hydrogen-bond donors (Lipinski definition) is 0. The first-order valence-corrected chi connectivity index (χ1v) is 9.53. The standard InChI is InChI=1S/C6H14O4Se2/c1-7-5(8-2)11-12-6(9-3)10-4/h5-6H,1-4H3. The van der Waals surface area contributed by atoms with Crippen molar-refractivity contribution < 1.29 is 18.9 Å². The van der Waals surface area contributed by atoms with Crippen molar-refractivity contribution in [1.82, 2.24) is 0 Å². The van der Waals surface area contributed by atoms with Crippen molar-refractivity contribution in [2.75, 3.05) is 28.4 Å². The molecule has 0 aliphatic carbocycles. The molecule has 12 heavy (non-hydrogen) atoms. The Bertz CT molecular complexity index is 83.5. The van der Waals surface area contributed by atoms with E-state index in [1.807, 2.05) is 0 Å². The predicted molar refractivity (Wildman–Crippen MR) is 47.1 cm³/mol. The van der Waals surface area contributed by atoms with E-state index in [0.29, 0.717) is 0 Å². The first-order chi connectivity index (χ1) is 5.78. The van der Waals surface area contributed by atoms with Gasteiger partial charge in [-0.2, -0.15) is 0 Å². The molecule has 0 atom stereocenters. The molecule has 74 valence electrons. The van der Waals surface area contributed by atoms with E-state index in [-0.39, 0.29) is 36.6 Å². The van der Waals surface area contributed by atoms with Crippen LogP contribution in [0.25, 0.3) is 0 Å². The summed E-state index contributed by atoms with van der Waals surface area (Å²) >= 11 is 0.570. The first kappa shape index (κ1) is 12.9. The van der Waals surface area contributed by atoms with E-state index in [0.717, 1.165) is 0 Å². The molecule has 0 unspecified atom stereocenters. The van der Waals surface area contributed by atoms with Gasteiger partial charge in [0.2, 0.25) is 0 Å². The van der Waals surface area contributed by atoms with Crippen molar-refractivity contribution in [3.63, 3.8) is 0 Å². The fraction of sp³-hybridized carbons (Fsp3) is 1.00. The van der Waals surface area contributed by atoms with E-state index in [9.17, 15) is 0 Å². The maximum absolute atomic E-state index is 5.05. The summed E-state index contributed by atoms with van der Waals surface area (Å²) < 4.78 is 20.2. The van der Waals surface area contributed by atoms with Gasteiger partial charge in [0.1, 0.15) is 0 Å². The Hall–Kier alpha value is 0.879. The van der Waals surface area contributed by atoms with E-state index < -0.39 is 0 Å². The molecule has 0 amide bonds. The quantitative estimate of drug-likeness (QED) is 0.468. The molecule has 6 heteroatoms. The molecule has 0 aromatic heterocycles. The van der Waals surface area contributed by atoms with Crippen molar-refractivity contribution in [3.05, 3.63) is 0 Å². The van der Waals surface area contributed by atoms with Gasteiger partial charge < -0.3 is 0 Å². The van der Waals surface area contributed by atoms with Crippen LogP contribution < -0.4 is 0 Å². The van der Waals surface area contributed by atoms with E-state index in [2.05, 4.69) is 0 Å². The molecule has 4 nitrogen and oxygen atoms in total. The van der Waals surface area contributed by atoms with Crippen molar-refractivity contribution in [2.45, 2.75) is 10.4 Å². The third-order valence-corrected chi connectivity index (χ3v) is 8.13. The Balaban J connectivity index is 3.49. The molecule has 0 saturated carbocycles. The van der Waals surface area contributed by atoms with Gasteiger partial charge in [-0.05, 0) is 0 Å². The van der Waals surface area contributed by atoms with Gasteiger partial charge in [-0.25, -0.2) is 0 Å². The summed E-state index contributed by atoms with van der Waals surface area (Å²) in [6, 6.07) is 0. The molecule has 0 bridgehead atoms. The summed E-state index contributed by atoms with van der Waals surface area (Å²) in [5.74, 6) is 0. The monoisotopic (exact) mass is 310 g/mol. The minimum absolute atomic E-state index is 0.0784. The molecule has 0 fully saturated rings. The summed E-state index contributed by atoms with van der Waals surface area (Å²) in [4.78, 5) is 0. The van der Waals surface area contributed by atoms with Gasteiger partial charge in [-0.3, -0.25) is 0 Å². The summed E-state index contributed by atoms with van der Waals surface area (Å²) in [5, 5.41) is -0.157. The fourth-order valence-electron chi connectivity index (χ4n) is 0.440. The van der Waals surface area contributed by atoms with Crippen LogP contribution in [0.5, 0.6) is 0 Å². The van der Waals surface area contributed by atoms with Crippen LogP contribution in [-0.2, 0) is 18.9 Å². The average Bonchev–Trinajstić information content (AvgIpc) is 2.13. The third-order valence-electron chi connectivity index (χ3n) is 0.982. The Labute approximate surface area is 84.1 Å². The molecule has 0 aromatic rings. The van der Waals surface area contributed by atoms with E-state index in [1.165, 1.54) is 0 Å². The molecule has 0 heterocycles. The molecule has 0 rings (SSSR count). The summed E-state index contributed by atoms with van der Waals surface area (Å²) in [5.41, 5.74) is 0. The van der Waals surface area contributed by atoms with Gasteiger partial charge in [0.25, 0.3) is 0 Å². The topological polar surface area (TPSA) is 36.9 Å². The second-order valence-corrected chi connectivity index (χ2v) is 8.33. The average molecular weight is 308 g/mol. The van der Waals surface area contributed by atoms with Crippen LogP contribution in [0.3, 0.4) is 0 Å². The zero-order valence-electron chi connectivity index (χ0n) is 7.60. The number of rotatable bonds is 7. The molecular weight excluding hydrogens is 294 g/mol. The zero-order chi connectivity index (χ0) is 9.40. The summed E-state index contributed by atoms with van der Waals surface area (Å²) in [6.45, 7) is 0. The number of hydrogen-bond acceptors (Lipinski definition) is 4. The van der Waals surface area contributed by atoms with Gasteiger partial charge in [0, 0.05) is 0 Å². The second-order valence-electron chi connectivity index (χ2n) is 1.71. The number of methoxy groups -OCH3 is 4. The van der Waals surface area contributed by atoms with E-state index >= 15 is 0 Å². The molecular formula is C6H14O4Se2. The molecule has 0 radical (unpaired) electrons. The van der Waals surface area contributed by atoms with Crippen LogP contribution >= 0.6 is 0 Å². The van der Waals surface area contributed by atoms with Gasteiger partial charge in [0.05, 0.1) is 0 Å². The molecule has 0 aromatic carbocycles. The van der Waals surface area contributed by atoms with Crippen LogP contribution in [0.4, 0.5) is 0 Å². The summed E-state index contributed by atoms with van der Waals surface area (Å²) in [6.07, 6.45) is 0. The normalized spacial score (nSPS) is 11.5. The molecule has 0 N–H and O–H groups in total. The number of ether oxygens (including phenoxy) is 4. The Morgan fingerprint density at radius 1 is 0.667 bits per heavy atom. The van der Waals surface area contributed by atoms with Crippen molar-refractivity contribution in [3.8, 4) is 0 Å². The van der Waals surface area contributed by atoms with E-state index in [1.54, 1.807) is 28.4 Å². The van der Waals surface area contributed by atoms with Crippen LogP contribution in [-0.4, -0.2) is 65.1 Å². The van der Waals surface area contributed by atoms with Gasteiger partial charge in [0.15, 0.2) is 0 Å². The third kappa shape index (κ3) is 5.51. The van der Waals surface area contributed by atoms with Crippen LogP contribution in [0.15, 0.2) is 0 Å². The minimum atomic E-state index is -0.0784. The maximum atomic E-state index is 5.05. The van der Waals surface area contributed by atoms with Crippen LogP contribution in [0.1, 0.15) is 0 Å². The molecule has 0 saturated heterocycles. The van der Waals surface area contributed by atoms with Crippen LogP contribution in [0.2, 0.25) is 0 Å². The van der Waals surface area contributed by atoms with Gasteiger partial charge >= 0.3 is 84.0 Å². The first-order valence-electron chi connectivity index (χ1n) is 3.21. The van der Waals surface area contributed by atoms with Crippen molar-refractivity contribution >= 4 is 26.3 Å². The Morgan fingerprint density at radius 3 is 1.08 bits per heavy atom. The summed E-state index contributed by atoms with van der Waals surface area (Å²) in [7, 11) is 6.56. The van der Waals surface area contributed by atoms with E-state index in [4.69, 9.17) is 18.9 Å². The SMILES string of the molecule is COC(OC)[Se][Se]C(OC)OC. The zero-order valence-corrected chi connectivity index (χ0v) is 11.0.